The predicted molar refractivity (Wildman–Crippen MR) is 135 cm³/mol. The summed E-state index contributed by atoms with van der Waals surface area (Å²) in [5.41, 5.74) is 0. The van der Waals surface area contributed by atoms with E-state index in [9.17, 15) is 9.59 Å². The van der Waals surface area contributed by atoms with Crippen molar-refractivity contribution in [3.63, 3.8) is 0 Å². The molecule has 0 radical (unpaired) electrons. The molecule has 0 saturated heterocycles. The Hall–Kier alpha value is -2.56. The van der Waals surface area contributed by atoms with Crippen molar-refractivity contribution in [1.82, 2.24) is 0 Å². The molecule has 1 saturated carbocycles. The number of carbonyl (C=O) groups is 2. The SMILES string of the molecule is C=C(CC)OOC1C(C)C(OC(=O)CCC)C(OC(=O)CCC)C(OOC(=C)CC)C1OOC(=C)CC. The monoisotopic (exact) mass is 528 g/mol. The van der Waals surface area contributed by atoms with E-state index in [1.807, 2.05) is 34.6 Å². The lowest BCUT2D eigenvalue weighted by Gasteiger charge is -2.45. The first-order valence-corrected chi connectivity index (χ1v) is 13.0. The van der Waals surface area contributed by atoms with Gasteiger partial charge in [-0.2, -0.15) is 14.7 Å². The minimum atomic E-state index is -1.16. The molecule has 37 heavy (non-hydrogen) atoms. The van der Waals surface area contributed by atoms with E-state index >= 15 is 0 Å². The van der Waals surface area contributed by atoms with Crippen LogP contribution in [0.1, 0.15) is 86.5 Å². The fourth-order valence-electron chi connectivity index (χ4n) is 3.39. The van der Waals surface area contributed by atoms with Crippen LogP contribution in [0, 0.1) is 5.92 Å². The van der Waals surface area contributed by atoms with Gasteiger partial charge in [0.2, 0.25) is 0 Å². The molecule has 0 aromatic carbocycles. The van der Waals surface area contributed by atoms with Crippen LogP contribution in [-0.2, 0) is 48.4 Å². The average molecular weight is 529 g/mol. The number of esters is 2. The fraction of sp³-hybridized carbons (Fsp3) is 0.704. The third kappa shape index (κ3) is 10.4. The molecule has 0 spiro atoms. The molecule has 0 aromatic rings. The lowest BCUT2D eigenvalue weighted by molar-refractivity contribution is -0.436. The largest absolute Gasteiger partial charge is 0.458 e. The van der Waals surface area contributed by atoms with Crippen LogP contribution in [0.4, 0.5) is 0 Å². The lowest BCUT2D eigenvalue weighted by atomic mass is 9.79. The maximum absolute atomic E-state index is 12.6. The van der Waals surface area contributed by atoms with Gasteiger partial charge < -0.3 is 24.1 Å². The van der Waals surface area contributed by atoms with Gasteiger partial charge in [-0.05, 0) is 12.8 Å². The van der Waals surface area contributed by atoms with Crippen LogP contribution >= 0.6 is 0 Å². The Balaban J connectivity index is 3.52. The predicted octanol–water partition coefficient (Wildman–Crippen LogP) is 5.78. The zero-order valence-electron chi connectivity index (χ0n) is 23.1. The Morgan fingerprint density at radius 2 is 0.919 bits per heavy atom. The Morgan fingerprint density at radius 1 is 0.568 bits per heavy atom. The number of ether oxygens (including phenoxy) is 2. The number of hydrogen-bond donors (Lipinski definition) is 0. The molecular formula is C27H44O10. The lowest BCUT2D eigenvalue weighted by Crippen LogP contribution is -2.64. The van der Waals surface area contributed by atoms with Gasteiger partial charge in [0.15, 0.2) is 18.3 Å². The molecule has 0 aliphatic heterocycles. The topological polar surface area (TPSA) is 108 Å². The minimum absolute atomic E-state index is 0.157. The standard InChI is InChI=1S/C27H44O10/c1-10-15-21(28)30-23-20(9)24(35-32-17(6)12-3)26(36-33-18(7)13-4)27(37-34-19(8)14-5)25(23)31-22(29)16-11-2/h20,23-27H,6-8,10-16H2,1-5,9H3. The van der Waals surface area contributed by atoms with Crippen molar-refractivity contribution in [2.24, 2.45) is 5.92 Å². The maximum Gasteiger partial charge on any atom is 0.306 e. The van der Waals surface area contributed by atoms with E-state index in [-0.39, 0.29) is 12.8 Å². The van der Waals surface area contributed by atoms with Crippen LogP contribution < -0.4 is 0 Å². The highest BCUT2D eigenvalue weighted by Gasteiger charge is 2.57. The summed E-state index contributed by atoms with van der Waals surface area (Å²) in [5.74, 6) is -0.508. The molecular weight excluding hydrogens is 484 g/mol. The van der Waals surface area contributed by atoms with E-state index in [0.717, 1.165) is 0 Å². The van der Waals surface area contributed by atoms with E-state index in [1.54, 1.807) is 6.92 Å². The fourth-order valence-corrected chi connectivity index (χ4v) is 3.39. The van der Waals surface area contributed by atoms with E-state index in [4.69, 9.17) is 38.8 Å². The molecule has 6 unspecified atom stereocenters. The summed E-state index contributed by atoms with van der Waals surface area (Å²) in [6, 6.07) is 0. The highest BCUT2D eigenvalue weighted by molar-refractivity contribution is 5.70. The van der Waals surface area contributed by atoms with Gasteiger partial charge in [-0.1, -0.05) is 61.3 Å². The molecule has 1 rings (SSSR count). The normalized spacial score (nSPS) is 25.0. The second-order valence-corrected chi connectivity index (χ2v) is 8.88. The molecule has 10 nitrogen and oxygen atoms in total. The van der Waals surface area contributed by atoms with Crippen LogP contribution in [0.15, 0.2) is 37.0 Å². The molecule has 6 atom stereocenters. The molecule has 1 aliphatic carbocycles. The van der Waals surface area contributed by atoms with Crippen LogP contribution in [-0.4, -0.2) is 42.5 Å². The van der Waals surface area contributed by atoms with Gasteiger partial charge in [-0.25, -0.2) is 0 Å². The van der Waals surface area contributed by atoms with Crippen molar-refractivity contribution in [1.29, 1.82) is 0 Å². The third-order valence-electron chi connectivity index (χ3n) is 5.79. The number of rotatable bonds is 18. The molecule has 1 fully saturated rings. The highest BCUT2D eigenvalue weighted by Crippen LogP contribution is 2.37. The van der Waals surface area contributed by atoms with E-state index < -0.39 is 48.4 Å². The number of hydrogen-bond acceptors (Lipinski definition) is 10. The van der Waals surface area contributed by atoms with Gasteiger partial charge in [-0.15, -0.1) is 0 Å². The van der Waals surface area contributed by atoms with Gasteiger partial charge in [0, 0.05) is 38.0 Å². The quantitative estimate of drug-likeness (QED) is 0.0940. The smallest absolute Gasteiger partial charge is 0.306 e. The zero-order chi connectivity index (χ0) is 28.0. The summed E-state index contributed by atoms with van der Waals surface area (Å²) >= 11 is 0. The van der Waals surface area contributed by atoms with Crippen LogP contribution in [0.5, 0.6) is 0 Å². The van der Waals surface area contributed by atoms with Gasteiger partial charge >= 0.3 is 11.9 Å². The summed E-state index contributed by atoms with van der Waals surface area (Å²) in [5, 5.41) is 0. The third-order valence-corrected chi connectivity index (χ3v) is 5.79. The summed E-state index contributed by atoms with van der Waals surface area (Å²) in [6.07, 6.45) is -2.29. The molecule has 0 amide bonds. The van der Waals surface area contributed by atoms with Crippen LogP contribution in [0.3, 0.4) is 0 Å². The molecule has 1 aliphatic rings. The molecule has 212 valence electrons. The van der Waals surface area contributed by atoms with Gasteiger partial charge in [-0.3, -0.25) is 9.59 Å². The Labute approximate surface area is 220 Å². The zero-order valence-corrected chi connectivity index (χ0v) is 23.1. The van der Waals surface area contributed by atoms with Gasteiger partial charge in [0.05, 0.1) is 0 Å². The van der Waals surface area contributed by atoms with Crippen LogP contribution in [0.2, 0.25) is 0 Å². The summed E-state index contributed by atoms with van der Waals surface area (Å²) < 4.78 is 11.6. The van der Waals surface area contributed by atoms with Crippen molar-refractivity contribution in [3.05, 3.63) is 37.0 Å². The van der Waals surface area contributed by atoms with Gasteiger partial charge in [0.25, 0.3) is 0 Å². The van der Waals surface area contributed by atoms with E-state index in [2.05, 4.69) is 19.7 Å². The second-order valence-electron chi connectivity index (χ2n) is 8.88. The number of allylic oxidation sites excluding steroid dienone is 3. The first-order chi connectivity index (χ1) is 17.6. The summed E-state index contributed by atoms with van der Waals surface area (Å²) in [7, 11) is 0. The Kier molecular flexibility index (Phi) is 15.0. The Bertz CT molecular complexity index is 764. The average Bonchev–Trinajstić information content (AvgIpc) is 2.87. The van der Waals surface area contributed by atoms with Crippen molar-refractivity contribution in [2.75, 3.05) is 0 Å². The minimum Gasteiger partial charge on any atom is -0.458 e. The molecule has 0 aromatic heterocycles. The molecule has 0 bridgehead atoms. The first-order valence-electron chi connectivity index (χ1n) is 13.0. The first kappa shape index (κ1) is 32.5. The van der Waals surface area contributed by atoms with Crippen LogP contribution in [0.25, 0.3) is 0 Å². The van der Waals surface area contributed by atoms with Crippen molar-refractivity contribution >= 4 is 11.9 Å². The van der Waals surface area contributed by atoms with Crippen molar-refractivity contribution in [2.45, 2.75) is 117 Å². The second kappa shape index (κ2) is 17.0. The maximum atomic E-state index is 12.6. The molecule has 0 N–H and O–H groups in total. The van der Waals surface area contributed by atoms with Crippen molar-refractivity contribution < 1.29 is 48.4 Å². The summed E-state index contributed by atoms with van der Waals surface area (Å²) in [4.78, 5) is 58.6. The van der Waals surface area contributed by atoms with Gasteiger partial charge in [0.1, 0.15) is 29.5 Å². The van der Waals surface area contributed by atoms with Crippen molar-refractivity contribution in [3.8, 4) is 0 Å². The summed E-state index contributed by atoms with van der Waals surface area (Å²) in [6.45, 7) is 22.4. The molecule has 10 heteroatoms. The molecule has 0 heterocycles. The number of carbonyl (C=O) groups excluding carboxylic acids is 2. The van der Waals surface area contributed by atoms with E-state index in [0.29, 0.717) is 49.4 Å². The highest BCUT2D eigenvalue weighted by atomic mass is 17.2. The Morgan fingerprint density at radius 3 is 1.30 bits per heavy atom. The van der Waals surface area contributed by atoms with E-state index in [1.165, 1.54) is 0 Å².